The van der Waals surface area contributed by atoms with Crippen LogP contribution in [0.4, 0.5) is 5.69 Å². The highest BCUT2D eigenvalue weighted by Crippen LogP contribution is 2.40. The van der Waals surface area contributed by atoms with Crippen LogP contribution < -0.4 is 5.73 Å². The van der Waals surface area contributed by atoms with Crippen molar-refractivity contribution in [2.45, 2.75) is 30.2 Å². The fourth-order valence-electron chi connectivity index (χ4n) is 3.47. The van der Waals surface area contributed by atoms with Crippen LogP contribution in [-0.2, 0) is 10.0 Å². The summed E-state index contributed by atoms with van der Waals surface area (Å²) in [5, 5.41) is 10.1. The Balaban J connectivity index is 1.99. The number of aromatic hydroxyl groups is 1. The first kappa shape index (κ1) is 15.9. The van der Waals surface area contributed by atoms with E-state index in [1.807, 2.05) is 0 Å². The molecule has 2 saturated heterocycles. The minimum Gasteiger partial charge on any atom is -0.504 e. The van der Waals surface area contributed by atoms with E-state index in [9.17, 15) is 13.5 Å². The summed E-state index contributed by atoms with van der Waals surface area (Å²) in [6.07, 6.45) is 2.05. The van der Waals surface area contributed by atoms with Gasteiger partial charge in [-0.1, -0.05) is 11.6 Å². The summed E-state index contributed by atoms with van der Waals surface area (Å²) in [6, 6.07) is 2.80. The summed E-state index contributed by atoms with van der Waals surface area (Å²) in [4.78, 5) is 2.05. The number of anilines is 1. The topological polar surface area (TPSA) is 86.9 Å². The molecule has 0 aliphatic carbocycles. The molecule has 0 spiro atoms. The number of fused-ring (bicyclic) bond motifs is 1. The zero-order valence-electron chi connectivity index (χ0n) is 12.4. The Hall–Kier alpha value is -1.02. The van der Waals surface area contributed by atoms with Gasteiger partial charge >= 0.3 is 0 Å². The molecule has 122 valence electrons. The third-order valence-electron chi connectivity index (χ3n) is 4.76. The molecular formula is C14H20ClN3O3S. The maximum atomic E-state index is 12.9. The summed E-state index contributed by atoms with van der Waals surface area (Å²) >= 11 is 6.02. The quantitative estimate of drug-likeness (QED) is 0.626. The molecule has 0 saturated carbocycles. The number of hydrogen-bond donors (Lipinski definition) is 2. The van der Waals surface area contributed by atoms with Crippen molar-refractivity contribution in [3.05, 3.63) is 17.2 Å². The summed E-state index contributed by atoms with van der Waals surface area (Å²) in [6.45, 7) is 4.58. The van der Waals surface area contributed by atoms with Gasteiger partial charge in [-0.25, -0.2) is 8.42 Å². The number of rotatable bonds is 2. The predicted octanol–water partition coefficient (Wildman–Crippen LogP) is 1.49. The van der Waals surface area contributed by atoms with Crippen molar-refractivity contribution in [3.8, 4) is 5.75 Å². The lowest BCUT2D eigenvalue weighted by atomic mass is 9.97. The summed E-state index contributed by atoms with van der Waals surface area (Å²) < 4.78 is 27.3. The van der Waals surface area contributed by atoms with Gasteiger partial charge < -0.3 is 10.8 Å². The zero-order chi connectivity index (χ0) is 16.1. The van der Waals surface area contributed by atoms with Gasteiger partial charge in [-0.15, -0.1) is 0 Å². The van der Waals surface area contributed by atoms with Crippen LogP contribution in [0.15, 0.2) is 17.0 Å². The van der Waals surface area contributed by atoms with E-state index in [-0.39, 0.29) is 21.1 Å². The molecule has 1 aromatic rings. The van der Waals surface area contributed by atoms with Gasteiger partial charge in [-0.05, 0) is 38.4 Å². The van der Waals surface area contributed by atoms with Gasteiger partial charge in [0.2, 0.25) is 10.0 Å². The van der Waals surface area contributed by atoms with Crippen molar-refractivity contribution >= 4 is 27.3 Å². The average molecular weight is 346 g/mol. The minimum absolute atomic E-state index is 0.00805. The second kappa shape index (κ2) is 5.26. The number of phenols is 1. The van der Waals surface area contributed by atoms with Gasteiger partial charge in [-0.3, -0.25) is 4.90 Å². The third-order valence-corrected chi connectivity index (χ3v) is 7.10. The van der Waals surface area contributed by atoms with Crippen molar-refractivity contribution in [1.82, 2.24) is 9.21 Å². The molecule has 0 amide bonds. The van der Waals surface area contributed by atoms with Crippen molar-refractivity contribution in [1.29, 1.82) is 0 Å². The summed E-state index contributed by atoms with van der Waals surface area (Å²) in [5.74, 6) is -0.466. The molecule has 2 heterocycles. The molecule has 8 heteroatoms. The Morgan fingerprint density at radius 3 is 2.77 bits per heavy atom. The lowest BCUT2D eigenvalue weighted by molar-refractivity contribution is 0.0800. The highest BCUT2D eigenvalue weighted by Gasteiger charge is 2.45. The Bertz CT molecular complexity index is 710. The summed E-state index contributed by atoms with van der Waals surface area (Å²) in [7, 11) is -3.88. The zero-order valence-corrected chi connectivity index (χ0v) is 14.0. The largest absolute Gasteiger partial charge is 0.504 e. The first-order valence-corrected chi connectivity index (χ1v) is 9.10. The molecular weight excluding hydrogens is 326 g/mol. The van der Waals surface area contributed by atoms with E-state index < -0.39 is 15.8 Å². The Morgan fingerprint density at radius 2 is 2.05 bits per heavy atom. The monoisotopic (exact) mass is 345 g/mol. The first-order chi connectivity index (χ1) is 10.3. The maximum absolute atomic E-state index is 12.9. The number of nitrogens with zero attached hydrogens (tertiary/aromatic N) is 2. The van der Waals surface area contributed by atoms with Crippen LogP contribution in [0.1, 0.15) is 19.8 Å². The third kappa shape index (κ3) is 2.36. The van der Waals surface area contributed by atoms with E-state index in [1.54, 1.807) is 0 Å². The van der Waals surface area contributed by atoms with Gasteiger partial charge in [0.05, 0.1) is 10.7 Å². The summed E-state index contributed by atoms with van der Waals surface area (Å²) in [5.41, 5.74) is 5.49. The van der Waals surface area contributed by atoms with Crippen LogP contribution >= 0.6 is 11.6 Å². The number of hydrogen-bond acceptors (Lipinski definition) is 5. The average Bonchev–Trinajstić information content (AvgIpc) is 2.83. The highest BCUT2D eigenvalue weighted by atomic mass is 35.5. The Kier molecular flexibility index (Phi) is 3.79. The number of halogens is 1. The number of nitrogens with two attached hydrogens (primary N) is 1. The smallest absolute Gasteiger partial charge is 0.248 e. The molecule has 2 aliphatic heterocycles. The maximum Gasteiger partial charge on any atom is 0.248 e. The van der Waals surface area contributed by atoms with E-state index in [2.05, 4.69) is 11.8 Å². The lowest BCUT2D eigenvalue weighted by Gasteiger charge is -2.44. The Morgan fingerprint density at radius 1 is 1.32 bits per heavy atom. The van der Waals surface area contributed by atoms with Gasteiger partial charge in [0.25, 0.3) is 0 Å². The molecule has 2 aliphatic rings. The first-order valence-electron chi connectivity index (χ1n) is 7.28. The molecule has 1 aromatic carbocycles. The molecule has 0 unspecified atom stereocenters. The SMILES string of the molecule is C[C@@]12CCCN1CCN(S(=O)(=O)c1c(Cl)ccc(N)c1O)C2. The molecule has 22 heavy (non-hydrogen) atoms. The van der Waals surface area contributed by atoms with Gasteiger partial charge in [-0.2, -0.15) is 4.31 Å². The van der Waals surface area contributed by atoms with Crippen molar-refractivity contribution < 1.29 is 13.5 Å². The second-order valence-corrected chi connectivity index (χ2v) is 8.52. The fraction of sp³-hybridized carbons (Fsp3) is 0.571. The van der Waals surface area contributed by atoms with Crippen LogP contribution in [-0.4, -0.2) is 54.4 Å². The fourth-order valence-corrected chi connectivity index (χ4v) is 5.62. The normalized spacial score (nSPS) is 27.0. The highest BCUT2D eigenvalue weighted by molar-refractivity contribution is 7.89. The number of nitrogen functional groups attached to an aromatic ring is 1. The molecule has 0 aromatic heterocycles. The number of phenolic OH excluding ortho intramolecular Hbond substituents is 1. The molecule has 1 atom stereocenters. The van der Waals surface area contributed by atoms with E-state index in [0.717, 1.165) is 19.4 Å². The molecule has 3 rings (SSSR count). The van der Waals surface area contributed by atoms with Crippen LogP contribution in [0.3, 0.4) is 0 Å². The second-order valence-electron chi connectivity index (χ2n) is 6.24. The van der Waals surface area contributed by atoms with E-state index in [0.29, 0.717) is 19.6 Å². The minimum atomic E-state index is -3.88. The molecule has 0 radical (unpaired) electrons. The molecule has 3 N–H and O–H groups in total. The number of piperazine rings is 1. The van der Waals surface area contributed by atoms with Crippen LogP contribution in [0.5, 0.6) is 5.75 Å². The predicted molar refractivity (Wildman–Crippen MR) is 85.5 cm³/mol. The lowest BCUT2D eigenvalue weighted by Crippen LogP contribution is -2.58. The standard InChI is InChI=1S/C14H20ClN3O3S/c1-14-5-2-6-17(14)7-8-18(9-14)22(20,21)13-10(15)3-4-11(16)12(13)19/h3-4,19H,2,5-9,16H2,1H3/t14-/m0/s1. The molecule has 0 bridgehead atoms. The molecule has 6 nitrogen and oxygen atoms in total. The van der Waals surface area contributed by atoms with E-state index >= 15 is 0 Å². The number of benzene rings is 1. The van der Waals surface area contributed by atoms with Crippen LogP contribution in [0.2, 0.25) is 5.02 Å². The van der Waals surface area contributed by atoms with Crippen molar-refractivity contribution in [3.63, 3.8) is 0 Å². The van der Waals surface area contributed by atoms with Crippen molar-refractivity contribution in [2.75, 3.05) is 31.9 Å². The van der Waals surface area contributed by atoms with Crippen LogP contribution in [0, 0.1) is 0 Å². The van der Waals surface area contributed by atoms with E-state index in [4.69, 9.17) is 17.3 Å². The van der Waals surface area contributed by atoms with Gasteiger partial charge in [0.1, 0.15) is 4.90 Å². The van der Waals surface area contributed by atoms with Gasteiger partial charge in [0, 0.05) is 25.2 Å². The Labute approximate surface area is 135 Å². The van der Waals surface area contributed by atoms with E-state index in [1.165, 1.54) is 16.4 Å². The van der Waals surface area contributed by atoms with Crippen molar-refractivity contribution in [2.24, 2.45) is 0 Å². The number of sulfonamides is 1. The molecule has 2 fully saturated rings. The van der Waals surface area contributed by atoms with Crippen LogP contribution in [0.25, 0.3) is 0 Å². The van der Waals surface area contributed by atoms with Gasteiger partial charge in [0.15, 0.2) is 5.75 Å².